The van der Waals surface area contributed by atoms with E-state index >= 15 is 0 Å². The van der Waals surface area contributed by atoms with Crippen LogP contribution < -0.4 is 10.1 Å². The number of aryl methyl sites for hydroxylation is 1. The van der Waals surface area contributed by atoms with Gasteiger partial charge in [-0.3, -0.25) is 0 Å². The molecule has 0 aliphatic heterocycles. The number of nitrogens with one attached hydrogen (secondary N) is 1. The lowest BCUT2D eigenvalue weighted by molar-refractivity contribution is 0.212. The van der Waals surface area contributed by atoms with Crippen LogP contribution in [0.25, 0.3) is 10.1 Å². The van der Waals surface area contributed by atoms with Crippen molar-refractivity contribution in [1.29, 1.82) is 0 Å². The Morgan fingerprint density at radius 3 is 2.87 bits per heavy atom. The van der Waals surface area contributed by atoms with E-state index in [1.807, 2.05) is 20.8 Å². The van der Waals surface area contributed by atoms with Crippen LogP contribution in [0.15, 0.2) is 28.7 Å². The van der Waals surface area contributed by atoms with Crippen LogP contribution in [0.1, 0.15) is 26.3 Å². The number of hydrogen-bond donors (Lipinski definition) is 1. The molecule has 0 aliphatic rings. The molecule has 1 unspecified atom stereocenters. The summed E-state index contributed by atoms with van der Waals surface area (Å²) >= 11 is 7.19. The number of rotatable bonds is 6. The molecule has 2 aromatic rings. The molecule has 23 heavy (non-hydrogen) atoms. The van der Waals surface area contributed by atoms with Gasteiger partial charge < -0.3 is 14.9 Å². The van der Waals surface area contributed by atoms with E-state index < -0.39 is 5.54 Å². The number of benzene rings is 1. The Kier molecular flexibility index (Phi) is 5.59. The van der Waals surface area contributed by atoms with Gasteiger partial charge in [0.05, 0.1) is 11.8 Å². The molecule has 0 saturated heterocycles. The Hall–Kier alpha value is -1.66. The van der Waals surface area contributed by atoms with Gasteiger partial charge in [0.2, 0.25) is 0 Å². The predicted molar refractivity (Wildman–Crippen MR) is 102 cm³/mol. The van der Waals surface area contributed by atoms with Crippen LogP contribution in [0.5, 0.6) is 5.75 Å². The van der Waals surface area contributed by atoms with Gasteiger partial charge in [-0.05, 0) is 62.2 Å². The maximum absolute atomic E-state index is 6.01. The zero-order valence-corrected chi connectivity index (χ0v) is 15.7. The molecule has 1 N–H and O–H groups in total. The quantitative estimate of drug-likeness (QED) is 0.479. The van der Waals surface area contributed by atoms with E-state index in [1.165, 1.54) is 22.8 Å². The Balaban J connectivity index is 2.06. The molecule has 0 radical (unpaired) electrons. The van der Waals surface area contributed by atoms with E-state index in [4.69, 9.17) is 21.8 Å². The second kappa shape index (κ2) is 7.27. The smallest absolute Gasteiger partial charge is 0.146 e. The molecule has 4 nitrogen and oxygen atoms in total. The summed E-state index contributed by atoms with van der Waals surface area (Å²) in [6.45, 7) is 7.97. The van der Waals surface area contributed by atoms with Crippen molar-refractivity contribution < 1.29 is 9.57 Å². The van der Waals surface area contributed by atoms with Gasteiger partial charge in [-0.2, -0.15) is 0 Å². The van der Waals surface area contributed by atoms with Crippen molar-refractivity contribution in [3.05, 3.63) is 29.1 Å². The van der Waals surface area contributed by atoms with E-state index in [0.29, 0.717) is 4.99 Å². The van der Waals surface area contributed by atoms with Crippen LogP contribution in [-0.4, -0.2) is 30.0 Å². The van der Waals surface area contributed by atoms with Crippen molar-refractivity contribution >= 4 is 44.8 Å². The van der Waals surface area contributed by atoms with Gasteiger partial charge in [0.1, 0.15) is 24.0 Å². The normalized spacial score (nSPS) is 13.3. The van der Waals surface area contributed by atoms with Crippen LogP contribution in [0, 0.1) is 6.92 Å². The van der Waals surface area contributed by atoms with Crippen LogP contribution >= 0.6 is 23.6 Å². The molecular weight excluding hydrogens is 328 g/mol. The SMILES string of the molecule is CON=CC(C)(C)NC(=S)C(C)Oc1cc(C)c2sccc2c1. The molecule has 6 heteroatoms. The fraction of sp³-hybridized carbons (Fsp3) is 0.412. The number of fused-ring (bicyclic) bond motifs is 1. The molecule has 0 aliphatic carbocycles. The highest BCUT2D eigenvalue weighted by Gasteiger charge is 2.20. The van der Waals surface area contributed by atoms with Gasteiger partial charge in [-0.1, -0.05) is 17.4 Å². The number of thiocarbonyl (C=S) groups is 1. The summed E-state index contributed by atoms with van der Waals surface area (Å²) in [6.07, 6.45) is 1.43. The van der Waals surface area contributed by atoms with Crippen molar-refractivity contribution in [2.45, 2.75) is 39.3 Å². The molecule has 0 amide bonds. The van der Waals surface area contributed by atoms with Crippen LogP contribution in [0.3, 0.4) is 0 Å². The monoisotopic (exact) mass is 350 g/mol. The highest BCUT2D eigenvalue weighted by atomic mass is 32.1. The van der Waals surface area contributed by atoms with Gasteiger partial charge >= 0.3 is 0 Å². The van der Waals surface area contributed by atoms with Gasteiger partial charge in [-0.15, -0.1) is 11.3 Å². The van der Waals surface area contributed by atoms with Crippen molar-refractivity contribution in [2.24, 2.45) is 5.16 Å². The van der Waals surface area contributed by atoms with E-state index in [9.17, 15) is 0 Å². The van der Waals surface area contributed by atoms with Crippen LogP contribution in [0.4, 0.5) is 0 Å². The highest BCUT2D eigenvalue weighted by molar-refractivity contribution is 7.80. The first-order valence-electron chi connectivity index (χ1n) is 7.36. The summed E-state index contributed by atoms with van der Waals surface area (Å²) in [7, 11) is 1.51. The van der Waals surface area contributed by atoms with Crippen molar-refractivity contribution in [3.8, 4) is 5.75 Å². The molecule has 0 fully saturated rings. The number of hydrogen-bond acceptors (Lipinski definition) is 5. The van der Waals surface area contributed by atoms with Gasteiger partial charge in [-0.25, -0.2) is 0 Å². The van der Waals surface area contributed by atoms with E-state index in [2.05, 4.69) is 41.0 Å². The van der Waals surface area contributed by atoms with Crippen LogP contribution in [-0.2, 0) is 4.84 Å². The van der Waals surface area contributed by atoms with Crippen molar-refractivity contribution in [1.82, 2.24) is 5.32 Å². The third-order valence-corrected chi connectivity index (χ3v) is 4.82. The summed E-state index contributed by atoms with van der Waals surface area (Å²) in [5.74, 6) is 0.827. The number of thiophene rings is 1. The minimum atomic E-state index is -0.405. The first kappa shape index (κ1) is 17.7. The zero-order valence-electron chi connectivity index (χ0n) is 14.0. The zero-order chi connectivity index (χ0) is 17.0. The first-order chi connectivity index (χ1) is 10.8. The van der Waals surface area contributed by atoms with E-state index in [-0.39, 0.29) is 6.10 Å². The van der Waals surface area contributed by atoms with Crippen LogP contribution in [0.2, 0.25) is 0 Å². The minimum Gasteiger partial charge on any atom is -0.484 e. The summed E-state index contributed by atoms with van der Waals surface area (Å²) in [6, 6.07) is 6.20. The molecule has 0 spiro atoms. The van der Waals surface area contributed by atoms with Gasteiger partial charge in [0, 0.05) is 4.70 Å². The molecule has 2 rings (SSSR count). The van der Waals surface area contributed by atoms with E-state index in [0.717, 1.165) is 5.75 Å². The summed E-state index contributed by atoms with van der Waals surface area (Å²) in [5.41, 5.74) is 0.809. The molecule has 1 atom stereocenters. The van der Waals surface area contributed by atoms with Gasteiger partial charge in [0.15, 0.2) is 0 Å². The average molecular weight is 351 g/mol. The summed E-state index contributed by atoms with van der Waals surface area (Å²) in [5, 5.41) is 10.3. The molecule has 0 bridgehead atoms. The molecule has 1 aromatic carbocycles. The fourth-order valence-corrected chi connectivity index (χ4v) is 3.36. The predicted octanol–water partition coefficient (Wildman–Crippen LogP) is 4.30. The third kappa shape index (κ3) is 4.65. The largest absolute Gasteiger partial charge is 0.484 e. The lowest BCUT2D eigenvalue weighted by atomic mass is 10.1. The standard InChI is InChI=1S/C17H22N2O2S2/c1-11-8-14(9-13-6-7-23-15(11)13)21-12(2)16(22)19-17(3,4)10-18-20-5/h6-10,12H,1-5H3,(H,19,22). The Bertz CT molecular complexity index is 722. The molecule has 1 heterocycles. The maximum Gasteiger partial charge on any atom is 0.146 e. The third-order valence-electron chi connectivity index (χ3n) is 3.32. The molecule has 0 saturated carbocycles. The number of nitrogens with zero attached hydrogens (tertiary/aromatic N) is 1. The first-order valence-corrected chi connectivity index (χ1v) is 8.65. The Morgan fingerprint density at radius 1 is 1.43 bits per heavy atom. The van der Waals surface area contributed by atoms with Crippen molar-refractivity contribution in [3.63, 3.8) is 0 Å². The second-order valence-corrected chi connectivity index (χ2v) is 7.32. The highest BCUT2D eigenvalue weighted by Crippen LogP contribution is 2.29. The topological polar surface area (TPSA) is 42.8 Å². The lowest BCUT2D eigenvalue weighted by Crippen LogP contribution is -2.48. The number of ether oxygens (including phenoxy) is 1. The lowest BCUT2D eigenvalue weighted by Gasteiger charge is -2.26. The molecular formula is C17H22N2O2S2. The van der Waals surface area contributed by atoms with Crippen molar-refractivity contribution in [2.75, 3.05) is 7.11 Å². The second-order valence-electron chi connectivity index (χ2n) is 5.97. The minimum absolute atomic E-state index is 0.240. The Morgan fingerprint density at radius 2 is 2.17 bits per heavy atom. The summed E-state index contributed by atoms with van der Waals surface area (Å²) in [4.78, 5) is 5.34. The fourth-order valence-electron chi connectivity index (χ4n) is 2.19. The van der Waals surface area contributed by atoms with Gasteiger partial charge in [0.25, 0.3) is 0 Å². The average Bonchev–Trinajstić information content (AvgIpc) is 2.93. The molecule has 1 aromatic heterocycles. The maximum atomic E-state index is 6.01. The number of oxime groups is 1. The van der Waals surface area contributed by atoms with E-state index in [1.54, 1.807) is 17.6 Å². The molecule has 124 valence electrons. The summed E-state index contributed by atoms with van der Waals surface area (Å²) < 4.78 is 7.30. The Labute approximate surface area is 146 Å².